The van der Waals surface area contributed by atoms with Crippen molar-refractivity contribution in [2.24, 2.45) is 5.92 Å². The zero-order valence-corrected chi connectivity index (χ0v) is 14.4. The van der Waals surface area contributed by atoms with E-state index in [-0.39, 0.29) is 22.7 Å². The van der Waals surface area contributed by atoms with Gasteiger partial charge in [0.15, 0.2) is 5.13 Å². The summed E-state index contributed by atoms with van der Waals surface area (Å²) in [6, 6.07) is 2.98. The average molecular weight is 375 g/mol. The van der Waals surface area contributed by atoms with Crippen molar-refractivity contribution in [1.82, 2.24) is 10.3 Å². The Morgan fingerprint density at radius 2 is 1.96 bits per heavy atom. The molecule has 2 amide bonds. The molecule has 2 rings (SSSR count). The molecule has 0 bridgehead atoms. The van der Waals surface area contributed by atoms with E-state index in [0.717, 1.165) is 17.4 Å². The summed E-state index contributed by atoms with van der Waals surface area (Å²) in [6.07, 6.45) is -4.78. The first kappa shape index (κ1) is 19.0. The summed E-state index contributed by atoms with van der Waals surface area (Å²) >= 11 is 1.01. The molecule has 1 atom stereocenters. The molecule has 136 valence electrons. The number of carbonyl (C=O) groups is 2. The van der Waals surface area contributed by atoms with Crippen molar-refractivity contribution in [2.75, 3.05) is 5.32 Å². The van der Waals surface area contributed by atoms with Gasteiger partial charge in [0, 0.05) is 13.0 Å². The summed E-state index contributed by atoms with van der Waals surface area (Å²) in [4.78, 5) is 27.6. The molecule has 6 nitrogen and oxygen atoms in total. The number of hydrogen-bond donors (Lipinski definition) is 2. The Balaban J connectivity index is 2.18. The van der Waals surface area contributed by atoms with Crippen molar-refractivity contribution in [2.45, 2.75) is 33.2 Å². The normalized spacial score (nSPS) is 12.9. The molecule has 0 radical (unpaired) electrons. The van der Waals surface area contributed by atoms with E-state index in [9.17, 15) is 22.8 Å². The molecule has 0 aliphatic rings. The molecular weight excluding hydrogens is 359 g/mol. The molecule has 0 aliphatic carbocycles. The monoisotopic (exact) mass is 375 g/mol. The number of rotatable bonds is 5. The molecule has 0 fully saturated rings. The summed E-state index contributed by atoms with van der Waals surface area (Å²) in [5.74, 6) is -1.30. The number of anilines is 1. The SMILES string of the molecule is CC(=O)NC(C(=O)Nc1nc2ccc(OC(F)(F)F)cc2s1)C(C)C. The number of thiazole rings is 1. The molecule has 0 spiro atoms. The second kappa shape index (κ2) is 7.26. The Morgan fingerprint density at radius 3 is 2.52 bits per heavy atom. The molecule has 1 unspecified atom stereocenters. The van der Waals surface area contributed by atoms with Gasteiger partial charge < -0.3 is 15.4 Å². The van der Waals surface area contributed by atoms with Crippen LogP contribution >= 0.6 is 11.3 Å². The van der Waals surface area contributed by atoms with Crippen molar-refractivity contribution in [3.63, 3.8) is 0 Å². The fraction of sp³-hybridized carbons (Fsp3) is 0.400. The van der Waals surface area contributed by atoms with Crippen molar-refractivity contribution in [1.29, 1.82) is 0 Å². The number of amides is 2. The van der Waals surface area contributed by atoms with Gasteiger partial charge in [0.2, 0.25) is 11.8 Å². The van der Waals surface area contributed by atoms with Gasteiger partial charge in [-0.05, 0) is 18.1 Å². The molecule has 0 saturated carbocycles. The first-order valence-electron chi connectivity index (χ1n) is 7.29. The second-order valence-electron chi connectivity index (χ2n) is 5.61. The third-order valence-corrected chi connectivity index (χ3v) is 4.07. The van der Waals surface area contributed by atoms with Gasteiger partial charge in [-0.3, -0.25) is 9.59 Å². The lowest BCUT2D eigenvalue weighted by Gasteiger charge is -2.19. The molecule has 2 aromatic rings. The lowest BCUT2D eigenvalue weighted by Crippen LogP contribution is -2.46. The predicted molar refractivity (Wildman–Crippen MR) is 87.4 cm³/mol. The Kier molecular flexibility index (Phi) is 5.51. The lowest BCUT2D eigenvalue weighted by molar-refractivity contribution is -0.274. The largest absolute Gasteiger partial charge is 0.573 e. The number of benzene rings is 1. The first-order valence-corrected chi connectivity index (χ1v) is 8.11. The zero-order valence-electron chi connectivity index (χ0n) is 13.6. The van der Waals surface area contributed by atoms with Gasteiger partial charge in [0.05, 0.1) is 10.2 Å². The van der Waals surface area contributed by atoms with Crippen LogP contribution in [0.1, 0.15) is 20.8 Å². The zero-order chi connectivity index (χ0) is 18.8. The van der Waals surface area contributed by atoms with E-state index in [1.807, 2.05) is 0 Å². The van der Waals surface area contributed by atoms with Gasteiger partial charge >= 0.3 is 6.36 Å². The predicted octanol–water partition coefficient (Wildman–Crippen LogP) is 3.29. The van der Waals surface area contributed by atoms with Crippen molar-refractivity contribution < 1.29 is 27.5 Å². The third-order valence-electron chi connectivity index (χ3n) is 3.13. The molecule has 2 N–H and O–H groups in total. The molecule has 10 heteroatoms. The second-order valence-corrected chi connectivity index (χ2v) is 6.64. The van der Waals surface area contributed by atoms with E-state index in [0.29, 0.717) is 10.2 Å². The van der Waals surface area contributed by atoms with Gasteiger partial charge in [-0.2, -0.15) is 0 Å². The maximum absolute atomic E-state index is 12.3. The quantitative estimate of drug-likeness (QED) is 0.840. The van der Waals surface area contributed by atoms with E-state index in [4.69, 9.17) is 0 Å². The Labute approximate surface area is 145 Å². The number of nitrogens with one attached hydrogen (secondary N) is 2. The van der Waals surface area contributed by atoms with E-state index < -0.39 is 18.3 Å². The Hall–Kier alpha value is -2.36. The maximum atomic E-state index is 12.3. The molecular formula is C15H16F3N3O3S. The lowest BCUT2D eigenvalue weighted by atomic mass is 10.0. The van der Waals surface area contributed by atoms with Crippen LogP contribution in [-0.2, 0) is 9.59 Å². The number of nitrogens with zero attached hydrogens (tertiary/aromatic N) is 1. The fourth-order valence-corrected chi connectivity index (χ4v) is 2.99. The van der Waals surface area contributed by atoms with Crippen LogP contribution < -0.4 is 15.4 Å². The number of aromatic nitrogens is 1. The summed E-state index contributed by atoms with van der Waals surface area (Å²) < 4.78 is 41.1. The highest BCUT2D eigenvalue weighted by atomic mass is 32.1. The number of carbonyl (C=O) groups excluding carboxylic acids is 2. The minimum Gasteiger partial charge on any atom is -0.406 e. The first-order chi connectivity index (χ1) is 11.5. The van der Waals surface area contributed by atoms with Gasteiger partial charge in [0.1, 0.15) is 11.8 Å². The van der Waals surface area contributed by atoms with E-state index in [1.165, 1.54) is 19.1 Å². The number of ether oxygens (including phenoxy) is 1. The number of alkyl halides is 3. The molecule has 1 aromatic carbocycles. The van der Waals surface area contributed by atoms with Gasteiger partial charge in [-0.1, -0.05) is 25.2 Å². The molecule has 25 heavy (non-hydrogen) atoms. The molecule has 1 aromatic heterocycles. The van der Waals surface area contributed by atoms with Crippen LogP contribution in [-0.4, -0.2) is 29.2 Å². The van der Waals surface area contributed by atoms with Crippen LogP contribution in [0.15, 0.2) is 18.2 Å². The summed E-state index contributed by atoms with van der Waals surface area (Å²) in [7, 11) is 0. The highest BCUT2D eigenvalue weighted by Gasteiger charge is 2.31. The summed E-state index contributed by atoms with van der Waals surface area (Å²) in [5, 5.41) is 5.35. The van der Waals surface area contributed by atoms with Crippen LogP contribution in [0.25, 0.3) is 10.2 Å². The fourth-order valence-electron chi connectivity index (χ4n) is 2.09. The van der Waals surface area contributed by atoms with E-state index >= 15 is 0 Å². The van der Waals surface area contributed by atoms with Gasteiger partial charge in [0.25, 0.3) is 0 Å². The van der Waals surface area contributed by atoms with Crippen LogP contribution in [0.4, 0.5) is 18.3 Å². The third kappa shape index (κ3) is 5.31. The smallest absolute Gasteiger partial charge is 0.406 e. The molecule has 1 heterocycles. The van der Waals surface area contributed by atoms with Crippen LogP contribution in [0.3, 0.4) is 0 Å². The van der Waals surface area contributed by atoms with E-state index in [2.05, 4.69) is 20.4 Å². The van der Waals surface area contributed by atoms with Gasteiger partial charge in [-0.25, -0.2) is 4.98 Å². The topological polar surface area (TPSA) is 80.3 Å². The van der Waals surface area contributed by atoms with Crippen molar-refractivity contribution >= 4 is 38.5 Å². The maximum Gasteiger partial charge on any atom is 0.573 e. The standard InChI is InChI=1S/C15H16F3N3O3S/c1-7(2)12(19-8(3)22)13(23)21-14-20-10-5-4-9(6-11(10)25-14)24-15(16,17)18/h4-7,12H,1-3H3,(H,19,22)(H,20,21,23). The van der Waals surface area contributed by atoms with Crippen LogP contribution in [0, 0.1) is 5.92 Å². The number of halogens is 3. The summed E-state index contributed by atoms with van der Waals surface area (Å²) in [5.41, 5.74) is 0.426. The van der Waals surface area contributed by atoms with Crippen molar-refractivity contribution in [3.8, 4) is 5.75 Å². The van der Waals surface area contributed by atoms with Crippen molar-refractivity contribution in [3.05, 3.63) is 18.2 Å². The highest BCUT2D eigenvalue weighted by Crippen LogP contribution is 2.31. The van der Waals surface area contributed by atoms with Crippen LogP contribution in [0.5, 0.6) is 5.75 Å². The molecule has 0 saturated heterocycles. The van der Waals surface area contributed by atoms with Gasteiger partial charge in [-0.15, -0.1) is 13.2 Å². The highest BCUT2D eigenvalue weighted by molar-refractivity contribution is 7.22. The Bertz CT molecular complexity index is 789. The molecule has 0 aliphatic heterocycles. The van der Waals surface area contributed by atoms with E-state index in [1.54, 1.807) is 13.8 Å². The van der Waals surface area contributed by atoms with Crippen LogP contribution in [0.2, 0.25) is 0 Å². The minimum absolute atomic E-state index is 0.148. The summed E-state index contributed by atoms with van der Waals surface area (Å²) in [6.45, 7) is 4.86. The number of hydrogen-bond acceptors (Lipinski definition) is 5. The number of fused-ring (bicyclic) bond motifs is 1. The Morgan fingerprint density at radius 1 is 1.28 bits per heavy atom. The minimum atomic E-state index is -4.78. The average Bonchev–Trinajstić information content (AvgIpc) is 2.83.